The second-order valence-electron chi connectivity index (χ2n) is 4.14. The quantitative estimate of drug-likeness (QED) is 0.633. The molecule has 21 heavy (non-hydrogen) atoms. The van der Waals surface area contributed by atoms with Gasteiger partial charge in [0.15, 0.2) is 0 Å². The van der Waals surface area contributed by atoms with Crippen molar-refractivity contribution in [3.05, 3.63) is 55.0 Å². The Labute approximate surface area is 142 Å². The van der Waals surface area contributed by atoms with E-state index in [1.54, 1.807) is 30.3 Å². The molecule has 0 atom stereocenters. The maximum absolute atomic E-state index is 12.4. The summed E-state index contributed by atoms with van der Waals surface area (Å²) in [6.45, 7) is 0. The maximum Gasteiger partial charge on any atom is 0.298 e. The van der Waals surface area contributed by atoms with Crippen molar-refractivity contribution < 1.29 is 9.59 Å². The normalized spacial score (nSPS) is 17.0. The van der Waals surface area contributed by atoms with E-state index < -0.39 is 0 Å². The minimum atomic E-state index is -0.308. The summed E-state index contributed by atoms with van der Waals surface area (Å²) in [5.74, 6) is -0.308. The predicted octanol–water partition coefficient (Wildman–Crippen LogP) is 5.40. The molecule has 1 aliphatic heterocycles. The zero-order chi connectivity index (χ0) is 15.0. The lowest BCUT2D eigenvalue weighted by Gasteiger charge is -2.11. The summed E-state index contributed by atoms with van der Waals surface area (Å²) >= 11 is 11.6. The third-order valence-corrected chi connectivity index (χ3v) is 5.44. The zero-order valence-corrected chi connectivity index (χ0v) is 14.4. The van der Waals surface area contributed by atoms with Gasteiger partial charge in [0.05, 0.1) is 14.4 Å². The van der Waals surface area contributed by atoms with E-state index in [4.69, 9.17) is 11.6 Å². The van der Waals surface area contributed by atoms with Crippen molar-refractivity contribution in [1.29, 1.82) is 0 Å². The van der Waals surface area contributed by atoms with E-state index >= 15 is 0 Å². The number of hydrogen-bond donors (Lipinski definition) is 0. The number of halogens is 2. The van der Waals surface area contributed by atoms with Crippen LogP contribution in [0.3, 0.4) is 0 Å². The summed E-state index contributed by atoms with van der Waals surface area (Å²) < 4.78 is 0.977. The highest BCUT2D eigenvalue weighted by Crippen LogP contribution is 2.37. The van der Waals surface area contributed by atoms with Crippen LogP contribution in [0.25, 0.3) is 6.08 Å². The average molecular weight is 401 g/mol. The molecule has 0 radical (unpaired) electrons. The number of benzene rings is 1. The van der Waals surface area contributed by atoms with E-state index in [1.165, 1.54) is 11.3 Å². The molecule has 3 rings (SSSR count). The van der Waals surface area contributed by atoms with Gasteiger partial charge in [-0.15, -0.1) is 11.3 Å². The second kappa shape index (κ2) is 5.96. The monoisotopic (exact) mass is 399 g/mol. The Balaban J connectivity index is 1.92. The van der Waals surface area contributed by atoms with Gasteiger partial charge in [-0.05, 0) is 70.2 Å². The number of rotatable bonds is 2. The first kappa shape index (κ1) is 14.8. The van der Waals surface area contributed by atoms with Crippen molar-refractivity contribution in [2.45, 2.75) is 0 Å². The molecule has 2 heterocycles. The molecule has 1 aliphatic rings. The van der Waals surface area contributed by atoms with E-state index in [-0.39, 0.29) is 11.1 Å². The lowest BCUT2D eigenvalue weighted by atomic mass is 10.3. The van der Waals surface area contributed by atoms with Gasteiger partial charge in [-0.25, -0.2) is 4.90 Å². The fourth-order valence-electron chi connectivity index (χ4n) is 1.82. The molecular formula is C14H7BrClNO2S2. The van der Waals surface area contributed by atoms with Gasteiger partial charge in [0.25, 0.3) is 11.1 Å². The number of imide groups is 1. The molecule has 1 aromatic heterocycles. The maximum atomic E-state index is 12.4. The van der Waals surface area contributed by atoms with Crippen molar-refractivity contribution >= 4 is 73.5 Å². The minimum Gasteiger partial charge on any atom is -0.268 e. The summed E-state index contributed by atoms with van der Waals surface area (Å²) in [6.07, 6.45) is 1.73. The first-order chi connectivity index (χ1) is 10.0. The van der Waals surface area contributed by atoms with Crippen LogP contribution in [0, 0.1) is 0 Å². The third-order valence-electron chi connectivity index (χ3n) is 2.75. The molecule has 0 N–H and O–H groups in total. The van der Waals surface area contributed by atoms with Crippen LogP contribution in [0.5, 0.6) is 0 Å². The molecule has 1 fully saturated rings. The lowest BCUT2D eigenvalue weighted by Crippen LogP contribution is -2.27. The fraction of sp³-hybridized carbons (Fsp3) is 0. The predicted molar refractivity (Wildman–Crippen MR) is 91.9 cm³/mol. The molecule has 2 amide bonds. The first-order valence-electron chi connectivity index (χ1n) is 5.83. The molecule has 1 aromatic carbocycles. The van der Waals surface area contributed by atoms with Crippen molar-refractivity contribution in [2.75, 3.05) is 4.90 Å². The number of carbonyl (C=O) groups is 2. The van der Waals surface area contributed by atoms with Crippen LogP contribution in [0.1, 0.15) is 4.88 Å². The molecule has 7 heteroatoms. The van der Waals surface area contributed by atoms with E-state index in [9.17, 15) is 9.59 Å². The van der Waals surface area contributed by atoms with Crippen LogP contribution < -0.4 is 4.90 Å². The molecule has 2 aromatic rings. The van der Waals surface area contributed by atoms with Gasteiger partial charge >= 0.3 is 0 Å². The van der Waals surface area contributed by atoms with Gasteiger partial charge in [0, 0.05) is 9.90 Å². The van der Waals surface area contributed by atoms with Gasteiger partial charge in [-0.3, -0.25) is 9.59 Å². The Morgan fingerprint density at radius 3 is 2.43 bits per heavy atom. The molecule has 0 saturated carbocycles. The fourth-order valence-corrected chi connectivity index (χ4v) is 4.22. The van der Waals surface area contributed by atoms with Crippen molar-refractivity contribution in [1.82, 2.24) is 0 Å². The number of anilines is 1. The van der Waals surface area contributed by atoms with Gasteiger partial charge in [-0.1, -0.05) is 11.6 Å². The average Bonchev–Trinajstić information content (AvgIpc) is 2.96. The van der Waals surface area contributed by atoms with Crippen LogP contribution in [0.2, 0.25) is 5.02 Å². The number of carbonyl (C=O) groups excluding carboxylic acids is 2. The van der Waals surface area contributed by atoms with Crippen molar-refractivity contribution in [3.8, 4) is 0 Å². The Morgan fingerprint density at radius 2 is 1.81 bits per heavy atom. The van der Waals surface area contributed by atoms with Crippen molar-refractivity contribution in [2.24, 2.45) is 0 Å². The summed E-state index contributed by atoms with van der Waals surface area (Å²) in [5.41, 5.74) is 0.526. The van der Waals surface area contributed by atoms with E-state index in [1.807, 2.05) is 12.1 Å². The molecule has 0 spiro atoms. The minimum absolute atomic E-state index is 0.302. The molecule has 3 nitrogen and oxygen atoms in total. The lowest BCUT2D eigenvalue weighted by molar-refractivity contribution is -0.113. The van der Waals surface area contributed by atoms with E-state index in [2.05, 4.69) is 15.9 Å². The smallest absolute Gasteiger partial charge is 0.268 e. The van der Waals surface area contributed by atoms with E-state index in [0.717, 1.165) is 25.3 Å². The van der Waals surface area contributed by atoms with Crippen LogP contribution >= 0.6 is 50.6 Å². The third kappa shape index (κ3) is 3.08. The Hall–Kier alpha value is -1.08. The highest BCUT2D eigenvalue weighted by atomic mass is 79.9. The molecular weight excluding hydrogens is 394 g/mol. The Kier molecular flexibility index (Phi) is 4.21. The first-order valence-corrected chi connectivity index (χ1v) is 8.64. The summed E-state index contributed by atoms with van der Waals surface area (Å²) in [6, 6.07) is 10.4. The molecule has 106 valence electrons. The highest BCUT2D eigenvalue weighted by Gasteiger charge is 2.36. The topological polar surface area (TPSA) is 37.4 Å². The molecule has 1 saturated heterocycles. The summed E-state index contributed by atoms with van der Waals surface area (Å²) in [5, 5.41) is 0.258. The highest BCUT2D eigenvalue weighted by molar-refractivity contribution is 9.11. The van der Waals surface area contributed by atoms with Gasteiger partial charge in [-0.2, -0.15) is 0 Å². The van der Waals surface area contributed by atoms with Crippen LogP contribution in [-0.2, 0) is 4.79 Å². The Bertz CT molecular complexity index is 755. The van der Waals surface area contributed by atoms with Crippen LogP contribution in [-0.4, -0.2) is 11.1 Å². The van der Waals surface area contributed by atoms with Crippen LogP contribution in [0.4, 0.5) is 10.5 Å². The molecule has 0 bridgehead atoms. The number of thioether (sulfide) groups is 1. The van der Waals surface area contributed by atoms with E-state index in [0.29, 0.717) is 15.6 Å². The zero-order valence-electron chi connectivity index (χ0n) is 10.4. The second-order valence-corrected chi connectivity index (χ2v) is 8.06. The number of amides is 2. The number of nitrogens with zero attached hydrogens (tertiary/aromatic N) is 1. The van der Waals surface area contributed by atoms with Gasteiger partial charge in [0.2, 0.25) is 0 Å². The van der Waals surface area contributed by atoms with Gasteiger partial charge < -0.3 is 0 Å². The molecule has 0 unspecified atom stereocenters. The Morgan fingerprint density at radius 1 is 1.10 bits per heavy atom. The summed E-state index contributed by atoms with van der Waals surface area (Å²) in [4.78, 5) is 27.0. The standard InChI is InChI=1S/C14H7BrClNO2S2/c15-12-6-5-10(20-12)7-11-13(18)17(14(19)21-11)9-3-1-8(16)2-4-9/h1-7H/b11-7+. The van der Waals surface area contributed by atoms with Gasteiger partial charge in [0.1, 0.15) is 0 Å². The van der Waals surface area contributed by atoms with Crippen molar-refractivity contribution in [3.63, 3.8) is 0 Å². The summed E-state index contributed by atoms with van der Waals surface area (Å²) in [7, 11) is 0. The SMILES string of the molecule is O=C1S/C(=C/c2ccc(Br)s2)C(=O)N1c1ccc(Cl)cc1. The number of thiophene rings is 1. The largest absolute Gasteiger partial charge is 0.298 e. The van der Waals surface area contributed by atoms with Crippen LogP contribution in [0.15, 0.2) is 45.1 Å². The number of hydrogen-bond acceptors (Lipinski definition) is 4. The molecule has 0 aliphatic carbocycles.